The highest BCUT2D eigenvalue weighted by atomic mass is 16.2. The van der Waals surface area contributed by atoms with Gasteiger partial charge in [0.1, 0.15) is 6.04 Å². The molecule has 3 heterocycles. The molecule has 2 aromatic rings. The van der Waals surface area contributed by atoms with Crippen LogP contribution in [0.2, 0.25) is 0 Å². The van der Waals surface area contributed by atoms with Crippen molar-refractivity contribution < 1.29 is 14.4 Å². The largest absolute Gasteiger partial charge is 0.334 e. The Balaban J connectivity index is 1.60. The number of aromatic nitrogens is 1. The number of hydrogen-bond acceptors (Lipinski definition) is 4. The van der Waals surface area contributed by atoms with Gasteiger partial charge in [-0.25, -0.2) is 0 Å². The van der Waals surface area contributed by atoms with E-state index in [-0.39, 0.29) is 11.9 Å². The third kappa shape index (κ3) is 2.91. The lowest BCUT2D eigenvalue weighted by atomic mass is 9.95. The number of amides is 3. The molecule has 1 aromatic heterocycles. The quantitative estimate of drug-likeness (QED) is 0.786. The van der Waals surface area contributed by atoms with E-state index in [0.717, 1.165) is 29.7 Å². The summed E-state index contributed by atoms with van der Waals surface area (Å²) in [6.45, 7) is 2.25. The first-order valence-electron chi connectivity index (χ1n) is 9.27. The molecule has 2 aliphatic heterocycles. The maximum Gasteiger partial charge on any atom is 0.262 e. The van der Waals surface area contributed by atoms with Gasteiger partial charge >= 0.3 is 0 Å². The van der Waals surface area contributed by atoms with Crippen LogP contribution in [0.3, 0.4) is 0 Å². The number of pyridine rings is 1. The average molecular weight is 363 g/mol. The summed E-state index contributed by atoms with van der Waals surface area (Å²) in [5.41, 5.74) is 1.72. The predicted octanol–water partition coefficient (Wildman–Crippen LogP) is 2.82. The van der Waals surface area contributed by atoms with E-state index in [1.807, 2.05) is 12.1 Å². The fourth-order valence-electron chi connectivity index (χ4n) is 4.03. The van der Waals surface area contributed by atoms with Crippen molar-refractivity contribution in [3.8, 4) is 0 Å². The Morgan fingerprint density at radius 3 is 2.41 bits per heavy atom. The Hall–Kier alpha value is -3.02. The van der Waals surface area contributed by atoms with Gasteiger partial charge in [-0.2, -0.15) is 0 Å². The Labute approximate surface area is 157 Å². The molecule has 0 N–H and O–H groups in total. The van der Waals surface area contributed by atoms with E-state index >= 15 is 0 Å². The maximum absolute atomic E-state index is 13.3. The standard InChI is InChI=1S/C21H21N3O3/c1-14(24-20(26)16-8-2-3-9-17(16)21(24)27)19(25)23-12-5-4-10-18(23)15-7-6-11-22-13-15/h2-3,6-9,11,13-14,18H,4-5,10,12H2,1H3/t14-,18-/m1/s1. The monoisotopic (exact) mass is 363 g/mol. The van der Waals surface area contributed by atoms with Gasteiger partial charge in [-0.1, -0.05) is 18.2 Å². The number of piperidine rings is 1. The van der Waals surface area contributed by atoms with Crippen LogP contribution in [-0.2, 0) is 4.79 Å². The van der Waals surface area contributed by atoms with Gasteiger partial charge in [0.15, 0.2) is 0 Å². The van der Waals surface area contributed by atoms with E-state index in [4.69, 9.17) is 0 Å². The second kappa shape index (κ2) is 6.95. The number of nitrogens with zero attached hydrogens (tertiary/aromatic N) is 3. The number of rotatable bonds is 3. The number of imide groups is 1. The van der Waals surface area contributed by atoms with Crippen molar-refractivity contribution in [3.63, 3.8) is 0 Å². The van der Waals surface area contributed by atoms with Crippen LogP contribution in [0.5, 0.6) is 0 Å². The first-order valence-corrected chi connectivity index (χ1v) is 9.27. The highest BCUT2D eigenvalue weighted by Gasteiger charge is 2.43. The van der Waals surface area contributed by atoms with Gasteiger partial charge in [0.2, 0.25) is 5.91 Å². The molecule has 6 heteroatoms. The minimum absolute atomic E-state index is 0.0717. The summed E-state index contributed by atoms with van der Waals surface area (Å²) >= 11 is 0. The molecule has 2 atom stereocenters. The van der Waals surface area contributed by atoms with Crippen molar-refractivity contribution in [2.45, 2.75) is 38.3 Å². The molecule has 0 unspecified atom stereocenters. The summed E-state index contributed by atoms with van der Waals surface area (Å²) in [6, 6.07) is 9.63. The van der Waals surface area contributed by atoms with Crippen LogP contribution in [0.4, 0.5) is 0 Å². The van der Waals surface area contributed by atoms with Crippen molar-refractivity contribution in [2.24, 2.45) is 0 Å². The molecule has 138 valence electrons. The summed E-state index contributed by atoms with van der Waals surface area (Å²) < 4.78 is 0. The van der Waals surface area contributed by atoms with Crippen molar-refractivity contribution in [1.29, 1.82) is 0 Å². The van der Waals surface area contributed by atoms with Gasteiger partial charge < -0.3 is 4.90 Å². The molecule has 4 rings (SSSR count). The minimum atomic E-state index is -0.838. The zero-order chi connectivity index (χ0) is 19.0. The molecule has 0 saturated carbocycles. The number of fused-ring (bicyclic) bond motifs is 1. The molecular formula is C21H21N3O3. The average Bonchev–Trinajstić information content (AvgIpc) is 2.98. The van der Waals surface area contributed by atoms with Crippen LogP contribution >= 0.6 is 0 Å². The van der Waals surface area contributed by atoms with Crippen molar-refractivity contribution >= 4 is 17.7 Å². The molecule has 1 aromatic carbocycles. The second-order valence-corrected chi connectivity index (χ2v) is 7.03. The fraction of sp³-hybridized carbons (Fsp3) is 0.333. The van der Waals surface area contributed by atoms with Gasteiger partial charge in [-0.3, -0.25) is 24.3 Å². The Kier molecular flexibility index (Phi) is 4.48. The molecule has 0 bridgehead atoms. The smallest absolute Gasteiger partial charge is 0.262 e. The van der Waals surface area contributed by atoms with Crippen LogP contribution in [0.25, 0.3) is 0 Å². The third-order valence-corrected chi connectivity index (χ3v) is 5.43. The number of benzene rings is 1. The topological polar surface area (TPSA) is 70.6 Å². The van der Waals surface area contributed by atoms with Gasteiger partial charge in [-0.15, -0.1) is 0 Å². The Morgan fingerprint density at radius 1 is 1.07 bits per heavy atom. The van der Waals surface area contributed by atoms with Crippen LogP contribution in [-0.4, -0.2) is 45.1 Å². The fourth-order valence-corrected chi connectivity index (χ4v) is 4.03. The predicted molar refractivity (Wildman–Crippen MR) is 98.9 cm³/mol. The first-order chi connectivity index (χ1) is 13.1. The number of carbonyl (C=O) groups is 3. The van der Waals surface area contributed by atoms with E-state index in [9.17, 15) is 14.4 Å². The molecule has 0 aliphatic carbocycles. The molecule has 1 fully saturated rings. The number of likely N-dealkylation sites (tertiary alicyclic amines) is 1. The van der Waals surface area contributed by atoms with Crippen molar-refractivity contribution in [3.05, 3.63) is 65.5 Å². The molecule has 3 amide bonds. The van der Waals surface area contributed by atoms with E-state index < -0.39 is 17.9 Å². The van der Waals surface area contributed by atoms with Gasteiger partial charge in [0, 0.05) is 18.9 Å². The van der Waals surface area contributed by atoms with Crippen molar-refractivity contribution in [2.75, 3.05) is 6.54 Å². The normalized spacial score (nSPS) is 20.6. The minimum Gasteiger partial charge on any atom is -0.334 e. The van der Waals surface area contributed by atoms with Crippen LogP contribution in [0.1, 0.15) is 58.5 Å². The van der Waals surface area contributed by atoms with Gasteiger partial charge in [-0.05, 0) is 49.9 Å². The summed E-state index contributed by atoms with van der Waals surface area (Å²) in [5, 5.41) is 0. The lowest BCUT2D eigenvalue weighted by molar-refractivity contribution is -0.138. The molecular weight excluding hydrogens is 342 g/mol. The van der Waals surface area contributed by atoms with Gasteiger partial charge in [0.05, 0.1) is 17.2 Å². The van der Waals surface area contributed by atoms with E-state index in [1.165, 1.54) is 0 Å². The number of hydrogen-bond donors (Lipinski definition) is 0. The summed E-state index contributed by atoms with van der Waals surface area (Å²) in [5.74, 6) is -0.990. The molecule has 27 heavy (non-hydrogen) atoms. The summed E-state index contributed by atoms with van der Waals surface area (Å²) in [6.07, 6.45) is 6.29. The lowest BCUT2D eigenvalue weighted by Crippen LogP contribution is -2.51. The summed E-state index contributed by atoms with van der Waals surface area (Å²) in [4.78, 5) is 45.8. The first kappa shape index (κ1) is 17.4. The maximum atomic E-state index is 13.3. The number of carbonyl (C=O) groups excluding carboxylic acids is 3. The third-order valence-electron chi connectivity index (χ3n) is 5.43. The molecule has 6 nitrogen and oxygen atoms in total. The molecule has 0 spiro atoms. The van der Waals surface area contributed by atoms with Crippen LogP contribution in [0, 0.1) is 0 Å². The Morgan fingerprint density at radius 2 is 1.78 bits per heavy atom. The van der Waals surface area contributed by atoms with E-state index in [2.05, 4.69) is 4.98 Å². The summed E-state index contributed by atoms with van der Waals surface area (Å²) in [7, 11) is 0. The van der Waals surface area contributed by atoms with Crippen LogP contribution < -0.4 is 0 Å². The highest BCUT2D eigenvalue weighted by Crippen LogP contribution is 2.32. The molecule has 2 aliphatic rings. The second-order valence-electron chi connectivity index (χ2n) is 7.03. The molecule has 0 radical (unpaired) electrons. The zero-order valence-corrected chi connectivity index (χ0v) is 15.2. The van der Waals surface area contributed by atoms with E-state index in [0.29, 0.717) is 17.7 Å². The van der Waals surface area contributed by atoms with Gasteiger partial charge in [0.25, 0.3) is 11.8 Å². The van der Waals surface area contributed by atoms with E-state index in [1.54, 1.807) is 48.5 Å². The van der Waals surface area contributed by atoms with Crippen molar-refractivity contribution in [1.82, 2.24) is 14.8 Å². The SMILES string of the molecule is C[C@H](C(=O)N1CCCC[C@@H]1c1cccnc1)N1C(=O)c2ccccc2C1=O. The Bertz CT molecular complexity index is 862. The molecule has 1 saturated heterocycles. The van der Waals surface area contributed by atoms with Crippen LogP contribution in [0.15, 0.2) is 48.8 Å². The zero-order valence-electron chi connectivity index (χ0n) is 15.2. The lowest BCUT2D eigenvalue weighted by Gasteiger charge is -2.38. The highest BCUT2D eigenvalue weighted by molar-refractivity contribution is 6.22.